The van der Waals surface area contributed by atoms with Crippen molar-refractivity contribution < 1.29 is 9.53 Å². The van der Waals surface area contributed by atoms with Crippen LogP contribution < -0.4 is 10.5 Å². The monoisotopic (exact) mass is 368 g/mol. The lowest BCUT2D eigenvalue weighted by Gasteiger charge is -2.10. The van der Waals surface area contributed by atoms with Gasteiger partial charge in [0.15, 0.2) is 0 Å². The summed E-state index contributed by atoms with van der Waals surface area (Å²) in [6, 6.07) is 3.37. The van der Waals surface area contributed by atoms with E-state index < -0.39 is 5.91 Å². The number of carbonyl (C=O) groups excluding carboxylic acids is 1. The molecule has 1 fully saturated rings. The summed E-state index contributed by atoms with van der Waals surface area (Å²) >= 11 is 9.03. The highest BCUT2D eigenvalue weighted by Crippen LogP contribution is 2.31. The van der Waals surface area contributed by atoms with E-state index in [1.165, 1.54) is 6.20 Å². The topological polar surface area (TPSA) is 91.0 Å². The van der Waals surface area contributed by atoms with Gasteiger partial charge in [-0.15, -0.1) is 0 Å². The van der Waals surface area contributed by atoms with E-state index in [1.807, 2.05) is 0 Å². The van der Waals surface area contributed by atoms with Crippen molar-refractivity contribution in [3.63, 3.8) is 0 Å². The maximum Gasteiger partial charge on any atom is 0.268 e. The van der Waals surface area contributed by atoms with Crippen LogP contribution in [0.15, 0.2) is 22.9 Å². The van der Waals surface area contributed by atoms with Crippen LogP contribution in [-0.4, -0.2) is 27.0 Å². The molecule has 0 unspecified atom stereocenters. The smallest absolute Gasteiger partial charge is 0.268 e. The molecule has 2 N–H and O–H groups in total. The number of carbonyl (C=O) groups is 1. The second-order valence-corrected chi connectivity index (χ2v) is 5.70. The van der Waals surface area contributed by atoms with Gasteiger partial charge in [-0.1, -0.05) is 11.6 Å². The summed E-state index contributed by atoms with van der Waals surface area (Å²) in [5, 5.41) is 0.243. The van der Waals surface area contributed by atoms with Crippen molar-refractivity contribution in [3.8, 4) is 17.1 Å². The second-order valence-electron chi connectivity index (χ2n) is 4.56. The Bertz CT molecular complexity index is 721. The molecule has 0 aromatic carbocycles. The third kappa shape index (κ3) is 3.14. The predicted octanol–water partition coefficient (Wildman–Crippen LogP) is 2.59. The van der Waals surface area contributed by atoms with Gasteiger partial charge in [0.05, 0.1) is 6.20 Å². The van der Waals surface area contributed by atoms with Crippen molar-refractivity contribution in [3.05, 3.63) is 33.8 Å². The molecule has 1 saturated carbocycles. The second kappa shape index (κ2) is 5.57. The lowest BCUT2D eigenvalue weighted by Crippen LogP contribution is -2.16. The molecule has 0 radical (unpaired) electrons. The molecule has 1 aliphatic carbocycles. The van der Waals surface area contributed by atoms with Crippen LogP contribution >= 0.6 is 27.5 Å². The van der Waals surface area contributed by atoms with Crippen LogP contribution in [0.1, 0.15) is 23.3 Å². The van der Waals surface area contributed by atoms with Gasteiger partial charge in [0.25, 0.3) is 5.91 Å². The van der Waals surface area contributed by atoms with E-state index in [9.17, 15) is 4.79 Å². The number of nitrogens with two attached hydrogens (primary N) is 1. The third-order valence-corrected chi connectivity index (χ3v) is 3.61. The van der Waals surface area contributed by atoms with E-state index in [4.69, 9.17) is 22.1 Å². The Labute approximate surface area is 133 Å². The van der Waals surface area contributed by atoms with Crippen LogP contribution in [0, 0.1) is 0 Å². The van der Waals surface area contributed by atoms with E-state index in [0.717, 1.165) is 12.8 Å². The molecule has 3 rings (SSSR count). The van der Waals surface area contributed by atoms with Gasteiger partial charge in [-0.2, -0.15) is 0 Å². The highest BCUT2D eigenvalue weighted by atomic mass is 79.9. The fourth-order valence-electron chi connectivity index (χ4n) is 1.77. The Hall–Kier alpha value is -1.73. The van der Waals surface area contributed by atoms with Gasteiger partial charge in [0.1, 0.15) is 27.2 Å². The predicted molar refractivity (Wildman–Crippen MR) is 80.1 cm³/mol. The number of pyridine rings is 1. The molecule has 0 aliphatic heterocycles. The van der Waals surface area contributed by atoms with Crippen LogP contribution in [-0.2, 0) is 0 Å². The number of nitrogens with zero attached hydrogens (tertiary/aromatic N) is 3. The summed E-state index contributed by atoms with van der Waals surface area (Å²) in [5.74, 6) is -0.275. The Morgan fingerprint density at radius 3 is 2.76 bits per heavy atom. The molecule has 6 nitrogen and oxygen atoms in total. The van der Waals surface area contributed by atoms with Crippen molar-refractivity contribution >= 4 is 33.4 Å². The zero-order valence-corrected chi connectivity index (χ0v) is 13.1. The maximum atomic E-state index is 11.6. The number of primary amides is 1. The first-order valence-electron chi connectivity index (χ1n) is 6.20. The molecular weight excluding hydrogens is 360 g/mol. The summed E-state index contributed by atoms with van der Waals surface area (Å²) in [5.41, 5.74) is 6.41. The molecule has 2 aromatic rings. The van der Waals surface area contributed by atoms with E-state index in [1.54, 1.807) is 12.1 Å². The van der Waals surface area contributed by atoms with Crippen molar-refractivity contribution in [2.45, 2.75) is 18.9 Å². The largest absolute Gasteiger partial charge is 0.474 e. The van der Waals surface area contributed by atoms with Gasteiger partial charge in [-0.25, -0.2) is 9.97 Å². The standard InChI is InChI=1S/C13H10BrClN4O2/c14-12-10(17-5-8(15)18-12)7-3-4-9(21-6-1-2-6)19-11(7)13(16)20/h3-6H,1-2H2,(H2,16,20). The van der Waals surface area contributed by atoms with Crippen molar-refractivity contribution in [2.24, 2.45) is 5.73 Å². The molecule has 2 aromatic heterocycles. The van der Waals surface area contributed by atoms with Crippen LogP contribution in [0.4, 0.5) is 0 Å². The molecule has 0 bridgehead atoms. The summed E-state index contributed by atoms with van der Waals surface area (Å²) in [6.07, 6.45) is 3.58. The van der Waals surface area contributed by atoms with Gasteiger partial charge in [0.2, 0.25) is 5.88 Å². The number of hydrogen-bond acceptors (Lipinski definition) is 5. The van der Waals surface area contributed by atoms with Crippen LogP contribution in [0.2, 0.25) is 5.15 Å². The van der Waals surface area contributed by atoms with E-state index in [0.29, 0.717) is 21.7 Å². The summed E-state index contributed by atoms with van der Waals surface area (Å²) in [6.45, 7) is 0. The molecule has 0 spiro atoms. The number of halogens is 2. The fraction of sp³-hybridized carbons (Fsp3) is 0.231. The van der Waals surface area contributed by atoms with Gasteiger partial charge >= 0.3 is 0 Å². The van der Waals surface area contributed by atoms with Gasteiger partial charge in [-0.05, 0) is 34.8 Å². The van der Waals surface area contributed by atoms with Crippen LogP contribution in [0.25, 0.3) is 11.3 Å². The van der Waals surface area contributed by atoms with Crippen molar-refractivity contribution in [1.82, 2.24) is 15.0 Å². The minimum Gasteiger partial charge on any atom is -0.474 e. The van der Waals surface area contributed by atoms with Crippen LogP contribution in [0.5, 0.6) is 5.88 Å². The van der Waals surface area contributed by atoms with Gasteiger partial charge < -0.3 is 10.5 Å². The lowest BCUT2D eigenvalue weighted by molar-refractivity contribution is 0.0995. The molecule has 8 heteroatoms. The number of rotatable bonds is 4. The zero-order chi connectivity index (χ0) is 15.0. The minimum atomic E-state index is -0.658. The maximum absolute atomic E-state index is 11.6. The van der Waals surface area contributed by atoms with E-state index in [-0.39, 0.29) is 17.0 Å². The van der Waals surface area contributed by atoms with Crippen molar-refractivity contribution in [2.75, 3.05) is 0 Å². The molecule has 108 valence electrons. The van der Waals surface area contributed by atoms with E-state index >= 15 is 0 Å². The first-order valence-corrected chi connectivity index (χ1v) is 7.37. The third-order valence-electron chi connectivity index (χ3n) is 2.87. The number of amides is 1. The molecule has 21 heavy (non-hydrogen) atoms. The number of aromatic nitrogens is 3. The number of ether oxygens (including phenoxy) is 1. The normalized spacial score (nSPS) is 14.0. The van der Waals surface area contributed by atoms with Crippen LogP contribution in [0.3, 0.4) is 0 Å². The summed E-state index contributed by atoms with van der Waals surface area (Å²) < 4.78 is 5.98. The molecule has 0 saturated heterocycles. The van der Waals surface area contributed by atoms with Gasteiger partial charge in [-0.3, -0.25) is 9.78 Å². The molecular formula is C13H10BrClN4O2. The Kier molecular flexibility index (Phi) is 3.77. The Morgan fingerprint density at radius 1 is 1.38 bits per heavy atom. The summed E-state index contributed by atoms with van der Waals surface area (Å²) in [7, 11) is 0. The average molecular weight is 370 g/mol. The minimum absolute atomic E-state index is 0.0884. The molecule has 1 amide bonds. The SMILES string of the molecule is NC(=O)c1nc(OC2CC2)ccc1-c1ncc(Cl)nc1Br. The number of hydrogen-bond donors (Lipinski definition) is 1. The molecule has 0 atom stereocenters. The van der Waals surface area contributed by atoms with Gasteiger partial charge in [0, 0.05) is 11.6 Å². The molecule has 1 aliphatic rings. The summed E-state index contributed by atoms with van der Waals surface area (Å²) in [4.78, 5) is 24.0. The molecule has 2 heterocycles. The first kappa shape index (κ1) is 14.2. The quantitative estimate of drug-likeness (QED) is 0.894. The highest BCUT2D eigenvalue weighted by molar-refractivity contribution is 9.10. The lowest BCUT2D eigenvalue weighted by atomic mass is 10.1. The average Bonchev–Trinajstić information content (AvgIpc) is 3.23. The zero-order valence-electron chi connectivity index (χ0n) is 10.7. The Balaban J connectivity index is 2.05. The fourth-order valence-corrected chi connectivity index (χ4v) is 2.51. The highest BCUT2D eigenvalue weighted by Gasteiger charge is 2.25. The van der Waals surface area contributed by atoms with Crippen molar-refractivity contribution in [1.29, 1.82) is 0 Å². The Morgan fingerprint density at radius 2 is 2.14 bits per heavy atom. The van der Waals surface area contributed by atoms with E-state index in [2.05, 4.69) is 30.9 Å². The first-order chi connectivity index (χ1) is 10.0.